The highest BCUT2D eigenvalue weighted by molar-refractivity contribution is 7.73. The predicted molar refractivity (Wildman–Crippen MR) is 170 cm³/mol. The standard InChI is InChI=1S/C36H38O2P2/c1-34(27-39(30-14-6-2-7-15-30)31-16-8-3-9-17-31)29-22-23-35(34,36(26-29)37-24-25-38-36)28-40(32-18-10-4-11-19-32)33-20-12-5-13-21-33/h2-21,29H,22-28H2,1H3/t29-,34+,35+/m0/s1. The van der Waals surface area contributed by atoms with Gasteiger partial charge in [-0.2, -0.15) is 0 Å². The molecule has 4 aromatic carbocycles. The second kappa shape index (κ2) is 10.8. The molecule has 0 aromatic heterocycles. The second-order valence-corrected chi connectivity index (χ2v) is 16.3. The van der Waals surface area contributed by atoms with Gasteiger partial charge in [0.15, 0.2) is 5.79 Å². The molecule has 3 aliphatic rings. The Bertz CT molecular complexity index is 1330. The summed E-state index contributed by atoms with van der Waals surface area (Å²) in [5, 5.41) is 5.86. The van der Waals surface area contributed by atoms with Crippen LogP contribution in [0.1, 0.15) is 26.2 Å². The molecule has 204 valence electrons. The van der Waals surface area contributed by atoms with Crippen LogP contribution < -0.4 is 21.2 Å². The van der Waals surface area contributed by atoms with Gasteiger partial charge in [-0.25, -0.2) is 0 Å². The van der Waals surface area contributed by atoms with E-state index in [1.807, 2.05) is 0 Å². The quantitative estimate of drug-likeness (QED) is 0.219. The van der Waals surface area contributed by atoms with Crippen molar-refractivity contribution in [1.82, 2.24) is 0 Å². The lowest BCUT2D eigenvalue weighted by atomic mass is 9.68. The fraction of sp³-hybridized carbons (Fsp3) is 0.333. The van der Waals surface area contributed by atoms with Crippen molar-refractivity contribution in [2.45, 2.75) is 32.0 Å². The highest BCUT2D eigenvalue weighted by atomic mass is 31.1. The molecule has 0 radical (unpaired) electrons. The zero-order valence-corrected chi connectivity index (χ0v) is 25.1. The van der Waals surface area contributed by atoms with E-state index in [0.29, 0.717) is 19.1 Å². The molecule has 1 heterocycles. The van der Waals surface area contributed by atoms with Gasteiger partial charge in [-0.3, -0.25) is 0 Å². The van der Waals surface area contributed by atoms with Crippen LogP contribution >= 0.6 is 15.8 Å². The molecule has 3 atom stereocenters. The van der Waals surface area contributed by atoms with Crippen molar-refractivity contribution in [3.63, 3.8) is 0 Å². The molecule has 0 N–H and O–H groups in total. The van der Waals surface area contributed by atoms with Crippen molar-refractivity contribution in [3.8, 4) is 0 Å². The fourth-order valence-electron chi connectivity index (χ4n) is 8.09. The predicted octanol–water partition coefficient (Wildman–Crippen LogP) is 6.80. The summed E-state index contributed by atoms with van der Waals surface area (Å²) >= 11 is 0. The Hall–Kier alpha value is -2.34. The maximum absolute atomic E-state index is 6.80. The molecule has 2 saturated carbocycles. The van der Waals surface area contributed by atoms with Crippen LogP contribution in [0.4, 0.5) is 0 Å². The van der Waals surface area contributed by atoms with Crippen LogP contribution in [0.3, 0.4) is 0 Å². The first-order valence-electron chi connectivity index (χ1n) is 14.7. The third-order valence-electron chi connectivity index (χ3n) is 10.1. The summed E-state index contributed by atoms with van der Waals surface area (Å²) in [5.41, 5.74) is 0.0710. The van der Waals surface area contributed by atoms with Gasteiger partial charge in [-0.1, -0.05) is 128 Å². The maximum Gasteiger partial charge on any atom is 0.175 e. The molecule has 40 heavy (non-hydrogen) atoms. The lowest BCUT2D eigenvalue weighted by Crippen LogP contribution is -2.54. The number of hydrogen-bond donors (Lipinski definition) is 0. The zero-order chi connectivity index (χ0) is 27.0. The molecule has 0 amide bonds. The second-order valence-electron chi connectivity index (χ2n) is 11.9. The molecule has 3 fully saturated rings. The molecule has 1 saturated heterocycles. The Labute approximate surface area is 241 Å². The van der Waals surface area contributed by atoms with E-state index >= 15 is 0 Å². The largest absolute Gasteiger partial charge is 0.347 e. The van der Waals surface area contributed by atoms with Gasteiger partial charge in [0, 0.05) is 11.8 Å². The van der Waals surface area contributed by atoms with Crippen molar-refractivity contribution >= 4 is 37.1 Å². The summed E-state index contributed by atoms with van der Waals surface area (Å²) in [6, 6.07) is 45.0. The minimum Gasteiger partial charge on any atom is -0.347 e. The summed E-state index contributed by atoms with van der Waals surface area (Å²) in [6.07, 6.45) is 5.76. The number of rotatable bonds is 8. The Balaban J connectivity index is 1.36. The zero-order valence-electron chi connectivity index (χ0n) is 23.3. The van der Waals surface area contributed by atoms with Crippen molar-refractivity contribution in [2.24, 2.45) is 16.7 Å². The summed E-state index contributed by atoms with van der Waals surface area (Å²) < 4.78 is 13.6. The molecule has 1 spiro atoms. The van der Waals surface area contributed by atoms with Gasteiger partial charge in [0.05, 0.1) is 13.2 Å². The van der Waals surface area contributed by atoms with Gasteiger partial charge in [0.2, 0.25) is 0 Å². The van der Waals surface area contributed by atoms with Gasteiger partial charge in [-0.05, 0) is 73.6 Å². The van der Waals surface area contributed by atoms with Gasteiger partial charge in [0.25, 0.3) is 0 Å². The van der Waals surface area contributed by atoms with Crippen LogP contribution in [0.2, 0.25) is 0 Å². The lowest BCUT2D eigenvalue weighted by Gasteiger charge is -2.51. The first-order valence-corrected chi connectivity index (χ1v) is 17.7. The van der Waals surface area contributed by atoms with Crippen LogP contribution in [0.5, 0.6) is 0 Å². The van der Waals surface area contributed by atoms with E-state index in [-0.39, 0.29) is 10.8 Å². The monoisotopic (exact) mass is 564 g/mol. The first kappa shape index (κ1) is 26.6. The average Bonchev–Trinajstić information content (AvgIpc) is 3.65. The summed E-state index contributed by atoms with van der Waals surface area (Å²) in [5.74, 6) is 0.134. The fourth-order valence-corrected chi connectivity index (χ4v) is 14.1. The minimum absolute atomic E-state index is 0.0390. The summed E-state index contributed by atoms with van der Waals surface area (Å²) in [7, 11) is -1.10. The molecule has 4 aromatic rings. The van der Waals surface area contributed by atoms with Gasteiger partial charge in [0.1, 0.15) is 0 Å². The average molecular weight is 565 g/mol. The van der Waals surface area contributed by atoms with Crippen LogP contribution in [0.25, 0.3) is 0 Å². The topological polar surface area (TPSA) is 18.5 Å². The highest BCUT2D eigenvalue weighted by Gasteiger charge is 2.75. The lowest BCUT2D eigenvalue weighted by molar-refractivity contribution is -0.234. The molecule has 2 bridgehead atoms. The van der Waals surface area contributed by atoms with Crippen LogP contribution in [-0.4, -0.2) is 31.3 Å². The summed E-state index contributed by atoms with van der Waals surface area (Å²) in [4.78, 5) is 0. The Morgan fingerprint density at radius 2 is 1.00 bits per heavy atom. The first-order chi connectivity index (χ1) is 19.6. The van der Waals surface area contributed by atoms with Crippen LogP contribution in [0.15, 0.2) is 121 Å². The summed E-state index contributed by atoms with van der Waals surface area (Å²) in [6.45, 7) is 4.05. The van der Waals surface area contributed by atoms with Gasteiger partial charge in [-0.15, -0.1) is 0 Å². The van der Waals surface area contributed by atoms with E-state index < -0.39 is 21.6 Å². The van der Waals surface area contributed by atoms with Crippen molar-refractivity contribution < 1.29 is 9.47 Å². The Morgan fingerprint density at radius 3 is 1.43 bits per heavy atom. The maximum atomic E-state index is 6.80. The van der Waals surface area contributed by atoms with E-state index in [1.165, 1.54) is 40.2 Å². The number of ether oxygens (including phenoxy) is 2. The van der Waals surface area contributed by atoms with Crippen LogP contribution in [-0.2, 0) is 9.47 Å². The number of fused-ring (bicyclic) bond motifs is 3. The van der Waals surface area contributed by atoms with Gasteiger partial charge < -0.3 is 9.47 Å². The molecule has 1 aliphatic heterocycles. The third-order valence-corrected chi connectivity index (χ3v) is 15.6. The minimum atomic E-state index is -0.576. The normalized spacial score (nSPS) is 26.7. The number of hydrogen-bond acceptors (Lipinski definition) is 2. The molecule has 7 rings (SSSR count). The van der Waals surface area contributed by atoms with Crippen molar-refractivity contribution in [3.05, 3.63) is 121 Å². The van der Waals surface area contributed by atoms with Crippen molar-refractivity contribution in [1.29, 1.82) is 0 Å². The van der Waals surface area contributed by atoms with Crippen LogP contribution in [0, 0.1) is 16.7 Å². The highest BCUT2D eigenvalue weighted by Crippen LogP contribution is 2.76. The molecular formula is C36H38O2P2. The molecule has 2 nitrogen and oxygen atoms in total. The Morgan fingerprint density at radius 1 is 0.600 bits per heavy atom. The van der Waals surface area contributed by atoms with E-state index in [1.54, 1.807) is 0 Å². The Kier molecular flexibility index (Phi) is 7.18. The van der Waals surface area contributed by atoms with E-state index in [0.717, 1.165) is 12.6 Å². The van der Waals surface area contributed by atoms with E-state index in [9.17, 15) is 0 Å². The third kappa shape index (κ3) is 4.31. The molecule has 0 unspecified atom stereocenters. The van der Waals surface area contributed by atoms with Crippen molar-refractivity contribution in [2.75, 3.05) is 25.5 Å². The molecule has 4 heteroatoms. The van der Waals surface area contributed by atoms with E-state index in [4.69, 9.17) is 9.47 Å². The SMILES string of the molecule is C[C@@]1(CP(c2ccccc2)c2ccccc2)[C@H]2CC[C@]1(CP(c1ccccc1)c1ccccc1)C1(C2)OCCO1. The molecule has 2 aliphatic carbocycles. The van der Waals surface area contributed by atoms with Gasteiger partial charge >= 0.3 is 0 Å². The van der Waals surface area contributed by atoms with E-state index in [2.05, 4.69) is 128 Å². The smallest absolute Gasteiger partial charge is 0.175 e. The number of benzene rings is 4. The molecular weight excluding hydrogens is 526 g/mol.